The molecule has 3 rings (SSSR count). The molecule has 0 bridgehead atoms. The van der Waals surface area contributed by atoms with Crippen LogP contribution >= 0.6 is 11.3 Å². The summed E-state index contributed by atoms with van der Waals surface area (Å²) in [6.45, 7) is 0.217. The lowest BCUT2D eigenvalue weighted by molar-refractivity contribution is -0.274. The van der Waals surface area contributed by atoms with Crippen molar-refractivity contribution in [3.8, 4) is 5.75 Å². The van der Waals surface area contributed by atoms with Crippen LogP contribution in [0.15, 0.2) is 59.2 Å². The second-order valence-corrected chi connectivity index (χ2v) is 6.68. The Labute approximate surface area is 156 Å². The summed E-state index contributed by atoms with van der Waals surface area (Å²) in [5, 5.41) is 12.9. The van der Waals surface area contributed by atoms with Crippen LogP contribution in [-0.4, -0.2) is 17.4 Å². The molecule has 142 valence electrons. The van der Waals surface area contributed by atoms with Crippen molar-refractivity contribution in [1.82, 2.24) is 5.32 Å². The number of ether oxygens (including phenoxy) is 1. The van der Waals surface area contributed by atoms with E-state index in [0.29, 0.717) is 10.6 Å². The van der Waals surface area contributed by atoms with Crippen molar-refractivity contribution >= 4 is 17.2 Å². The fourth-order valence-corrected chi connectivity index (χ4v) is 3.25. The minimum Gasteiger partial charge on any atom is -0.466 e. The van der Waals surface area contributed by atoms with Crippen LogP contribution in [-0.2, 0) is 6.54 Å². The Kier molecular flexibility index (Phi) is 5.52. The van der Waals surface area contributed by atoms with Crippen LogP contribution in [0.25, 0.3) is 0 Å². The summed E-state index contributed by atoms with van der Waals surface area (Å²) in [4.78, 5) is 13.6. The molecule has 1 atom stereocenters. The molecule has 2 N–H and O–H groups in total. The number of carbonyl (C=O) groups is 1. The maximum absolute atomic E-state index is 12.1. The average molecular weight is 397 g/mol. The first-order chi connectivity index (χ1) is 12.8. The van der Waals surface area contributed by atoms with Gasteiger partial charge in [0.1, 0.15) is 17.6 Å². The molecule has 0 aliphatic heterocycles. The Morgan fingerprint density at radius 1 is 1.19 bits per heavy atom. The van der Waals surface area contributed by atoms with Crippen LogP contribution < -0.4 is 10.1 Å². The number of carbonyl (C=O) groups excluding carboxylic acids is 1. The van der Waals surface area contributed by atoms with E-state index in [-0.39, 0.29) is 12.1 Å². The van der Waals surface area contributed by atoms with E-state index in [9.17, 15) is 23.1 Å². The third-order valence-corrected chi connectivity index (χ3v) is 4.68. The van der Waals surface area contributed by atoms with Gasteiger partial charge in [0.25, 0.3) is 5.91 Å². The van der Waals surface area contributed by atoms with E-state index in [4.69, 9.17) is 4.42 Å². The van der Waals surface area contributed by atoms with Gasteiger partial charge in [0.05, 0.1) is 12.8 Å². The van der Waals surface area contributed by atoms with Gasteiger partial charge in [-0.15, -0.1) is 24.5 Å². The van der Waals surface area contributed by atoms with Gasteiger partial charge in [-0.05, 0) is 48.5 Å². The lowest BCUT2D eigenvalue weighted by atomic mass is 10.2. The third-order valence-electron chi connectivity index (χ3n) is 3.54. The molecule has 1 aromatic carbocycles. The van der Waals surface area contributed by atoms with E-state index in [1.54, 1.807) is 24.3 Å². The van der Waals surface area contributed by atoms with Crippen molar-refractivity contribution in [2.75, 3.05) is 0 Å². The Balaban J connectivity index is 1.56. The molecule has 0 aliphatic rings. The third kappa shape index (κ3) is 5.11. The van der Waals surface area contributed by atoms with Crippen molar-refractivity contribution in [1.29, 1.82) is 0 Å². The van der Waals surface area contributed by atoms with Crippen LogP contribution in [0.4, 0.5) is 13.2 Å². The average Bonchev–Trinajstić information content (AvgIpc) is 3.30. The van der Waals surface area contributed by atoms with Gasteiger partial charge in [-0.3, -0.25) is 4.79 Å². The molecule has 0 saturated carbocycles. The van der Waals surface area contributed by atoms with E-state index in [1.165, 1.54) is 29.7 Å². The number of amides is 1. The molecule has 2 aromatic heterocycles. The number of benzene rings is 1. The SMILES string of the molecule is O=C(NCc1ccc([C@H](O)c2ccco2)s1)c1ccc(OC(F)(F)F)cc1. The lowest BCUT2D eigenvalue weighted by Gasteiger charge is -2.09. The van der Waals surface area contributed by atoms with Crippen molar-refractivity contribution in [2.45, 2.75) is 19.0 Å². The van der Waals surface area contributed by atoms with Gasteiger partial charge in [0.15, 0.2) is 0 Å². The molecule has 0 fully saturated rings. The molecule has 1 amide bonds. The molecular formula is C18H14F3NO4S. The molecule has 3 aromatic rings. The smallest absolute Gasteiger partial charge is 0.466 e. The number of nitrogens with one attached hydrogen (secondary N) is 1. The number of thiophene rings is 1. The van der Waals surface area contributed by atoms with E-state index in [0.717, 1.165) is 17.0 Å². The number of hydrogen-bond acceptors (Lipinski definition) is 5. The van der Waals surface area contributed by atoms with E-state index in [1.807, 2.05) is 0 Å². The summed E-state index contributed by atoms with van der Waals surface area (Å²) in [5.74, 6) is -0.405. The van der Waals surface area contributed by atoms with Crippen LogP contribution in [0.1, 0.15) is 32.0 Å². The normalized spacial score (nSPS) is 12.6. The highest BCUT2D eigenvalue weighted by Crippen LogP contribution is 2.28. The van der Waals surface area contributed by atoms with Crippen LogP contribution in [0, 0.1) is 0 Å². The largest absolute Gasteiger partial charge is 0.573 e. The predicted molar refractivity (Wildman–Crippen MR) is 91.4 cm³/mol. The molecule has 0 aliphatic carbocycles. The number of aliphatic hydroxyl groups excluding tert-OH is 1. The maximum Gasteiger partial charge on any atom is 0.573 e. The number of alkyl halides is 3. The van der Waals surface area contributed by atoms with Gasteiger partial charge < -0.3 is 19.6 Å². The van der Waals surface area contributed by atoms with E-state index in [2.05, 4.69) is 10.1 Å². The predicted octanol–water partition coefficient (Wildman–Crippen LogP) is 4.25. The highest BCUT2D eigenvalue weighted by Gasteiger charge is 2.31. The monoisotopic (exact) mass is 397 g/mol. The highest BCUT2D eigenvalue weighted by atomic mass is 32.1. The summed E-state index contributed by atoms with van der Waals surface area (Å²) < 4.78 is 45.3. The van der Waals surface area contributed by atoms with Crippen molar-refractivity contribution in [3.05, 3.63) is 75.9 Å². The second-order valence-electron chi connectivity index (χ2n) is 5.48. The number of halogens is 3. The molecule has 0 radical (unpaired) electrons. The van der Waals surface area contributed by atoms with Gasteiger partial charge in [-0.1, -0.05) is 0 Å². The Morgan fingerprint density at radius 2 is 1.93 bits per heavy atom. The van der Waals surface area contributed by atoms with Gasteiger partial charge >= 0.3 is 6.36 Å². The lowest BCUT2D eigenvalue weighted by Crippen LogP contribution is -2.22. The number of aliphatic hydroxyl groups is 1. The summed E-state index contributed by atoms with van der Waals surface area (Å²) >= 11 is 1.32. The second kappa shape index (κ2) is 7.85. The molecule has 2 heterocycles. The van der Waals surface area contributed by atoms with Gasteiger partial charge in [0.2, 0.25) is 0 Å². The van der Waals surface area contributed by atoms with E-state index >= 15 is 0 Å². The molecule has 5 nitrogen and oxygen atoms in total. The molecule has 27 heavy (non-hydrogen) atoms. The standard InChI is InChI=1S/C18H14F3NO4S/c19-18(20,21)26-12-5-3-11(4-6-12)17(24)22-10-13-7-8-15(27-13)16(23)14-2-1-9-25-14/h1-9,16,23H,10H2,(H,22,24)/t16-/m1/s1. The molecule has 0 unspecified atom stereocenters. The van der Waals surface area contributed by atoms with Gasteiger partial charge in [0, 0.05) is 15.3 Å². The van der Waals surface area contributed by atoms with Crippen molar-refractivity contribution in [2.24, 2.45) is 0 Å². The zero-order chi connectivity index (χ0) is 19.4. The topological polar surface area (TPSA) is 71.7 Å². The summed E-state index contributed by atoms with van der Waals surface area (Å²) in [7, 11) is 0. The van der Waals surface area contributed by atoms with Crippen LogP contribution in [0.3, 0.4) is 0 Å². The summed E-state index contributed by atoms with van der Waals surface area (Å²) in [5.41, 5.74) is 0.205. The Morgan fingerprint density at radius 3 is 2.56 bits per heavy atom. The minimum atomic E-state index is -4.78. The van der Waals surface area contributed by atoms with Crippen molar-refractivity contribution in [3.63, 3.8) is 0 Å². The summed E-state index contributed by atoms with van der Waals surface area (Å²) in [6.07, 6.45) is -4.19. The first-order valence-electron chi connectivity index (χ1n) is 7.76. The summed E-state index contributed by atoms with van der Waals surface area (Å²) in [6, 6.07) is 11.5. The molecule has 0 spiro atoms. The highest BCUT2D eigenvalue weighted by molar-refractivity contribution is 7.12. The Hall–Kier alpha value is -2.78. The molecular weight excluding hydrogens is 383 g/mol. The maximum atomic E-state index is 12.1. The molecule has 9 heteroatoms. The Bertz CT molecular complexity index is 888. The quantitative estimate of drug-likeness (QED) is 0.652. The molecule has 0 saturated heterocycles. The number of rotatable bonds is 6. The van der Waals surface area contributed by atoms with E-state index < -0.39 is 24.1 Å². The van der Waals surface area contributed by atoms with Crippen molar-refractivity contribution < 1.29 is 32.2 Å². The zero-order valence-electron chi connectivity index (χ0n) is 13.7. The van der Waals surface area contributed by atoms with Crippen LogP contribution in [0.2, 0.25) is 0 Å². The van der Waals surface area contributed by atoms with Crippen LogP contribution in [0.5, 0.6) is 5.75 Å². The fraction of sp³-hybridized carbons (Fsp3) is 0.167. The number of furan rings is 1. The first kappa shape index (κ1) is 19.0. The first-order valence-corrected chi connectivity index (χ1v) is 8.57. The fourth-order valence-electron chi connectivity index (χ4n) is 2.30. The minimum absolute atomic E-state index is 0.205. The number of hydrogen-bond donors (Lipinski definition) is 2. The van der Waals surface area contributed by atoms with Gasteiger partial charge in [-0.2, -0.15) is 0 Å². The zero-order valence-corrected chi connectivity index (χ0v) is 14.5. The van der Waals surface area contributed by atoms with Gasteiger partial charge in [-0.25, -0.2) is 0 Å².